The van der Waals surface area contributed by atoms with Crippen LogP contribution in [0.5, 0.6) is 0 Å². The van der Waals surface area contributed by atoms with E-state index in [2.05, 4.69) is 25.7 Å². The summed E-state index contributed by atoms with van der Waals surface area (Å²) >= 11 is 0. The van der Waals surface area contributed by atoms with Crippen LogP contribution in [0.1, 0.15) is 59.3 Å². The molecule has 1 saturated carbocycles. The van der Waals surface area contributed by atoms with Crippen LogP contribution in [0.4, 0.5) is 0 Å². The number of aliphatic hydroxyl groups excluding tert-OH is 1. The summed E-state index contributed by atoms with van der Waals surface area (Å²) < 4.78 is 0. The molecule has 96 valence electrons. The molecular formula is C14H29NO. The molecule has 0 aromatic carbocycles. The average molecular weight is 227 g/mol. The molecule has 0 aromatic rings. The number of likely N-dealkylation sites (tertiary alicyclic amines) is 1. The Kier molecular flexibility index (Phi) is 6.37. The maximum Gasteiger partial charge on any atom is 0.0679 e. The van der Waals surface area contributed by atoms with Crippen LogP contribution in [0, 0.1) is 5.92 Å². The van der Waals surface area contributed by atoms with Crippen molar-refractivity contribution in [2.75, 3.05) is 13.1 Å². The Bertz CT molecular complexity index is 170. The molecule has 1 atom stereocenters. The summed E-state index contributed by atoms with van der Waals surface area (Å²) in [6.07, 6.45) is 7.92. The van der Waals surface area contributed by atoms with Gasteiger partial charge in [-0.25, -0.2) is 0 Å². The highest BCUT2D eigenvalue weighted by atomic mass is 16.3. The van der Waals surface area contributed by atoms with Crippen LogP contribution in [-0.2, 0) is 0 Å². The molecule has 1 saturated heterocycles. The Labute approximate surface area is 101 Å². The minimum absolute atomic E-state index is 0.0353. The van der Waals surface area contributed by atoms with E-state index in [1.165, 1.54) is 32.1 Å². The molecule has 1 unspecified atom stereocenters. The summed E-state index contributed by atoms with van der Waals surface area (Å²) in [6, 6.07) is 0.802. The largest absolute Gasteiger partial charge is 0.392 e. The third-order valence-corrected chi connectivity index (χ3v) is 3.29. The van der Waals surface area contributed by atoms with Crippen molar-refractivity contribution in [1.82, 2.24) is 4.90 Å². The number of nitrogens with zero attached hydrogens (tertiary/aromatic N) is 1. The van der Waals surface area contributed by atoms with E-state index in [1.54, 1.807) is 0 Å². The lowest BCUT2D eigenvalue weighted by Crippen LogP contribution is -2.35. The van der Waals surface area contributed by atoms with E-state index in [0.717, 1.165) is 31.5 Å². The van der Waals surface area contributed by atoms with Gasteiger partial charge in [0.05, 0.1) is 6.10 Å². The first kappa shape index (κ1) is 14.0. The zero-order valence-electron chi connectivity index (χ0n) is 11.3. The third kappa shape index (κ3) is 5.31. The van der Waals surface area contributed by atoms with E-state index in [4.69, 9.17) is 0 Å². The second-order valence-corrected chi connectivity index (χ2v) is 5.96. The van der Waals surface area contributed by atoms with E-state index in [9.17, 15) is 5.11 Å². The average Bonchev–Trinajstić information content (AvgIpc) is 2.65. The van der Waals surface area contributed by atoms with Crippen LogP contribution in [-0.4, -0.2) is 35.2 Å². The van der Waals surface area contributed by atoms with Crippen LogP contribution in [0.25, 0.3) is 0 Å². The third-order valence-electron chi connectivity index (χ3n) is 3.29. The first-order valence-corrected chi connectivity index (χ1v) is 7.01. The predicted molar refractivity (Wildman–Crippen MR) is 69.6 cm³/mol. The van der Waals surface area contributed by atoms with Gasteiger partial charge in [-0.15, -0.1) is 0 Å². The van der Waals surface area contributed by atoms with E-state index < -0.39 is 0 Å². The molecular weight excluding hydrogens is 198 g/mol. The van der Waals surface area contributed by atoms with Crippen LogP contribution in [0.15, 0.2) is 0 Å². The Morgan fingerprint density at radius 3 is 2.00 bits per heavy atom. The number of rotatable bonds is 1. The van der Waals surface area contributed by atoms with Crippen molar-refractivity contribution < 1.29 is 5.11 Å². The SMILES string of the molecule is CC(C)C.OC1CCN(C2CCCCC2)C1. The van der Waals surface area contributed by atoms with Crippen LogP contribution in [0.2, 0.25) is 0 Å². The van der Waals surface area contributed by atoms with E-state index >= 15 is 0 Å². The molecule has 0 aromatic heterocycles. The minimum Gasteiger partial charge on any atom is -0.392 e. The maximum absolute atomic E-state index is 9.39. The van der Waals surface area contributed by atoms with Gasteiger partial charge in [0, 0.05) is 19.1 Å². The van der Waals surface area contributed by atoms with E-state index in [0.29, 0.717) is 0 Å². The Balaban J connectivity index is 0.000000280. The lowest BCUT2D eigenvalue weighted by atomic mass is 9.94. The van der Waals surface area contributed by atoms with Crippen molar-refractivity contribution in [3.63, 3.8) is 0 Å². The molecule has 2 nitrogen and oxygen atoms in total. The van der Waals surface area contributed by atoms with Crippen LogP contribution in [0.3, 0.4) is 0 Å². The topological polar surface area (TPSA) is 23.5 Å². The van der Waals surface area contributed by atoms with Gasteiger partial charge in [-0.3, -0.25) is 4.90 Å². The smallest absolute Gasteiger partial charge is 0.0679 e. The lowest BCUT2D eigenvalue weighted by molar-refractivity contribution is 0.142. The summed E-state index contributed by atoms with van der Waals surface area (Å²) in [4.78, 5) is 2.49. The summed E-state index contributed by atoms with van der Waals surface area (Å²) in [5.74, 6) is 0.833. The Morgan fingerprint density at radius 2 is 1.56 bits per heavy atom. The normalized spacial score (nSPS) is 27.9. The van der Waals surface area contributed by atoms with Gasteiger partial charge in [-0.1, -0.05) is 40.0 Å². The van der Waals surface area contributed by atoms with Crippen molar-refractivity contribution in [2.45, 2.75) is 71.4 Å². The van der Waals surface area contributed by atoms with E-state index in [-0.39, 0.29) is 6.10 Å². The zero-order chi connectivity index (χ0) is 12.0. The number of hydrogen-bond donors (Lipinski definition) is 1. The fraction of sp³-hybridized carbons (Fsp3) is 1.00. The number of β-amino-alcohol motifs (C(OH)–C–C–N with tert-alkyl or cyclic N) is 1. The second-order valence-electron chi connectivity index (χ2n) is 5.96. The summed E-state index contributed by atoms with van der Waals surface area (Å²) in [5, 5.41) is 9.39. The van der Waals surface area contributed by atoms with Gasteiger partial charge in [0.2, 0.25) is 0 Å². The van der Waals surface area contributed by atoms with Gasteiger partial charge in [0.25, 0.3) is 0 Å². The highest BCUT2D eigenvalue weighted by Crippen LogP contribution is 2.25. The zero-order valence-corrected chi connectivity index (χ0v) is 11.3. The summed E-state index contributed by atoms with van der Waals surface area (Å²) in [7, 11) is 0. The quantitative estimate of drug-likeness (QED) is 0.744. The minimum atomic E-state index is -0.0353. The first-order valence-electron chi connectivity index (χ1n) is 7.01. The molecule has 0 radical (unpaired) electrons. The lowest BCUT2D eigenvalue weighted by Gasteiger charge is -2.30. The molecule has 0 bridgehead atoms. The van der Waals surface area contributed by atoms with Gasteiger partial charge in [-0.05, 0) is 25.2 Å². The fourth-order valence-electron chi connectivity index (χ4n) is 2.55. The monoisotopic (exact) mass is 227 g/mol. The van der Waals surface area contributed by atoms with Gasteiger partial charge in [0.15, 0.2) is 0 Å². The van der Waals surface area contributed by atoms with Crippen molar-refractivity contribution >= 4 is 0 Å². The molecule has 16 heavy (non-hydrogen) atoms. The summed E-state index contributed by atoms with van der Waals surface area (Å²) in [6.45, 7) is 8.57. The number of hydrogen-bond acceptors (Lipinski definition) is 2. The molecule has 2 fully saturated rings. The van der Waals surface area contributed by atoms with Gasteiger partial charge in [-0.2, -0.15) is 0 Å². The van der Waals surface area contributed by atoms with Gasteiger partial charge in [0.1, 0.15) is 0 Å². The molecule has 1 aliphatic heterocycles. The summed E-state index contributed by atoms with van der Waals surface area (Å²) in [5.41, 5.74) is 0. The number of aliphatic hydroxyl groups is 1. The molecule has 1 aliphatic carbocycles. The van der Waals surface area contributed by atoms with Crippen LogP contribution >= 0.6 is 0 Å². The molecule has 2 aliphatic rings. The maximum atomic E-state index is 9.39. The Morgan fingerprint density at radius 1 is 1.00 bits per heavy atom. The van der Waals surface area contributed by atoms with Crippen LogP contribution < -0.4 is 0 Å². The van der Waals surface area contributed by atoms with Gasteiger partial charge < -0.3 is 5.11 Å². The van der Waals surface area contributed by atoms with Crippen molar-refractivity contribution in [3.8, 4) is 0 Å². The fourth-order valence-corrected chi connectivity index (χ4v) is 2.55. The molecule has 1 heterocycles. The van der Waals surface area contributed by atoms with E-state index in [1.807, 2.05) is 0 Å². The second kappa shape index (κ2) is 7.29. The highest BCUT2D eigenvalue weighted by Gasteiger charge is 2.27. The molecule has 0 amide bonds. The standard InChI is InChI=1S/C10H19NO.C4H10/c12-10-6-7-11(8-10)9-4-2-1-3-5-9;1-4(2)3/h9-10,12H,1-8H2;4H,1-3H3. The molecule has 2 rings (SSSR count). The Hall–Kier alpha value is -0.0800. The molecule has 1 N–H and O–H groups in total. The van der Waals surface area contributed by atoms with Crippen molar-refractivity contribution in [1.29, 1.82) is 0 Å². The van der Waals surface area contributed by atoms with Gasteiger partial charge >= 0.3 is 0 Å². The van der Waals surface area contributed by atoms with Crippen molar-refractivity contribution in [2.24, 2.45) is 5.92 Å². The predicted octanol–water partition coefficient (Wildman–Crippen LogP) is 3.05. The van der Waals surface area contributed by atoms with Crippen molar-refractivity contribution in [3.05, 3.63) is 0 Å². The molecule has 2 heteroatoms. The first-order chi connectivity index (χ1) is 7.59. The highest BCUT2D eigenvalue weighted by molar-refractivity contribution is 4.82. The molecule has 0 spiro atoms.